The molecule has 0 spiro atoms. The zero-order chi connectivity index (χ0) is 11.0. The van der Waals surface area contributed by atoms with Crippen molar-refractivity contribution in [1.82, 2.24) is 0 Å². The topological polar surface area (TPSA) is 39.2 Å². The Balaban J connectivity index is 2.52. The van der Waals surface area contributed by atoms with Crippen LogP contribution in [0.3, 0.4) is 0 Å². The van der Waals surface area contributed by atoms with Crippen LogP contribution in [0.4, 0.5) is 4.39 Å². The predicted molar refractivity (Wildman–Crippen MR) is 57.9 cm³/mol. The molecule has 2 rings (SSSR count). The van der Waals surface area contributed by atoms with Crippen LogP contribution in [0.1, 0.15) is 25.6 Å². The number of para-hydroxylation sites is 1. The van der Waals surface area contributed by atoms with Crippen molar-refractivity contribution < 1.29 is 8.81 Å². The quantitative estimate of drug-likeness (QED) is 0.821. The van der Waals surface area contributed by atoms with E-state index in [0.717, 1.165) is 5.39 Å². The van der Waals surface area contributed by atoms with Crippen molar-refractivity contribution in [3.8, 4) is 0 Å². The second kappa shape index (κ2) is 3.66. The summed E-state index contributed by atoms with van der Waals surface area (Å²) in [4.78, 5) is 0. The highest BCUT2D eigenvalue weighted by atomic mass is 19.1. The van der Waals surface area contributed by atoms with Gasteiger partial charge >= 0.3 is 0 Å². The number of benzene rings is 1. The highest BCUT2D eigenvalue weighted by molar-refractivity contribution is 5.78. The predicted octanol–water partition coefficient (Wildman–Crippen LogP) is 3.23. The van der Waals surface area contributed by atoms with Crippen molar-refractivity contribution in [2.75, 3.05) is 0 Å². The maximum Gasteiger partial charge on any atom is 0.169 e. The molecule has 2 N–H and O–H groups in total. The van der Waals surface area contributed by atoms with Gasteiger partial charge in [-0.05, 0) is 18.1 Å². The highest BCUT2D eigenvalue weighted by Crippen LogP contribution is 2.27. The molecule has 15 heavy (non-hydrogen) atoms. The van der Waals surface area contributed by atoms with E-state index in [4.69, 9.17) is 10.2 Å². The lowest BCUT2D eigenvalue weighted by Gasteiger charge is -2.11. The molecule has 0 fully saturated rings. The Morgan fingerprint density at radius 1 is 1.33 bits per heavy atom. The molecule has 2 aromatic rings. The van der Waals surface area contributed by atoms with Crippen molar-refractivity contribution in [2.45, 2.75) is 19.9 Å². The maximum atomic E-state index is 13.3. The fourth-order valence-corrected chi connectivity index (χ4v) is 1.54. The SMILES string of the molecule is CC(C)[C@H](N)c1cc2cccc(F)c2o1. The highest BCUT2D eigenvalue weighted by Gasteiger charge is 2.16. The third-order valence-electron chi connectivity index (χ3n) is 2.56. The summed E-state index contributed by atoms with van der Waals surface area (Å²) < 4.78 is 18.8. The Labute approximate surface area is 87.9 Å². The molecule has 0 saturated heterocycles. The van der Waals surface area contributed by atoms with Gasteiger partial charge in [-0.2, -0.15) is 0 Å². The van der Waals surface area contributed by atoms with Gasteiger partial charge in [-0.15, -0.1) is 0 Å². The van der Waals surface area contributed by atoms with E-state index in [9.17, 15) is 4.39 Å². The van der Waals surface area contributed by atoms with Crippen LogP contribution < -0.4 is 5.73 Å². The van der Waals surface area contributed by atoms with Crippen LogP contribution in [0.5, 0.6) is 0 Å². The number of hydrogen-bond donors (Lipinski definition) is 1. The first-order valence-electron chi connectivity index (χ1n) is 5.03. The first-order valence-corrected chi connectivity index (χ1v) is 5.03. The van der Waals surface area contributed by atoms with Crippen LogP contribution in [0, 0.1) is 11.7 Å². The van der Waals surface area contributed by atoms with E-state index in [2.05, 4.69) is 0 Å². The normalized spacial score (nSPS) is 13.7. The number of hydrogen-bond acceptors (Lipinski definition) is 2. The first-order chi connectivity index (χ1) is 7.09. The van der Waals surface area contributed by atoms with Crippen molar-refractivity contribution in [3.63, 3.8) is 0 Å². The molecule has 2 nitrogen and oxygen atoms in total. The molecule has 80 valence electrons. The van der Waals surface area contributed by atoms with E-state index in [1.165, 1.54) is 6.07 Å². The zero-order valence-electron chi connectivity index (χ0n) is 8.83. The minimum atomic E-state index is -0.338. The third kappa shape index (κ3) is 1.75. The van der Waals surface area contributed by atoms with Crippen LogP contribution in [0.2, 0.25) is 0 Å². The van der Waals surface area contributed by atoms with E-state index in [1.807, 2.05) is 26.0 Å². The first kappa shape index (κ1) is 10.2. The average Bonchev–Trinajstić information content (AvgIpc) is 2.61. The summed E-state index contributed by atoms with van der Waals surface area (Å²) in [7, 11) is 0. The van der Waals surface area contributed by atoms with E-state index < -0.39 is 0 Å². The zero-order valence-corrected chi connectivity index (χ0v) is 8.83. The fraction of sp³-hybridized carbons (Fsp3) is 0.333. The average molecular weight is 207 g/mol. The van der Waals surface area contributed by atoms with Crippen LogP contribution in [-0.2, 0) is 0 Å². The molecule has 0 saturated carbocycles. The van der Waals surface area contributed by atoms with Gasteiger partial charge < -0.3 is 10.2 Å². The molecule has 0 bridgehead atoms. The molecule has 3 heteroatoms. The van der Waals surface area contributed by atoms with Crippen molar-refractivity contribution in [1.29, 1.82) is 0 Å². The molecule has 1 heterocycles. The van der Waals surface area contributed by atoms with Crippen LogP contribution in [0.25, 0.3) is 11.0 Å². The van der Waals surface area contributed by atoms with E-state index >= 15 is 0 Å². The lowest BCUT2D eigenvalue weighted by molar-refractivity contribution is 0.413. The van der Waals surface area contributed by atoms with Gasteiger partial charge in [0, 0.05) is 5.39 Å². The Morgan fingerprint density at radius 3 is 2.67 bits per heavy atom. The molecule has 1 aromatic heterocycles. The Hall–Kier alpha value is -1.35. The Bertz CT molecular complexity index is 475. The minimum Gasteiger partial charge on any atom is -0.456 e. The minimum absolute atomic E-state index is 0.184. The number of nitrogens with two attached hydrogens (primary N) is 1. The maximum absolute atomic E-state index is 13.3. The number of fused-ring (bicyclic) bond motifs is 1. The van der Waals surface area contributed by atoms with Gasteiger partial charge in [0.15, 0.2) is 11.4 Å². The molecule has 0 unspecified atom stereocenters. The number of rotatable bonds is 2. The van der Waals surface area contributed by atoms with Gasteiger partial charge in [0.25, 0.3) is 0 Å². The summed E-state index contributed by atoms with van der Waals surface area (Å²) in [6.07, 6.45) is 0. The lowest BCUT2D eigenvalue weighted by atomic mass is 10.0. The molecular weight excluding hydrogens is 193 g/mol. The molecule has 0 aliphatic heterocycles. The number of halogens is 1. The molecule has 0 aliphatic carbocycles. The summed E-state index contributed by atoms with van der Waals surface area (Å²) in [5.74, 6) is 0.577. The summed E-state index contributed by atoms with van der Waals surface area (Å²) in [6, 6.07) is 6.49. The van der Waals surface area contributed by atoms with Gasteiger partial charge in [0.2, 0.25) is 0 Å². The fourth-order valence-electron chi connectivity index (χ4n) is 1.54. The Kier molecular flexibility index (Phi) is 2.49. The van der Waals surface area contributed by atoms with E-state index in [0.29, 0.717) is 11.3 Å². The summed E-state index contributed by atoms with van der Waals surface area (Å²) in [5, 5.41) is 0.765. The standard InChI is InChI=1S/C12H14FNO/c1-7(2)11(14)10-6-8-4-3-5-9(13)12(8)15-10/h3-7,11H,14H2,1-2H3/t11-/m0/s1. The van der Waals surface area contributed by atoms with E-state index in [1.54, 1.807) is 6.07 Å². The van der Waals surface area contributed by atoms with Crippen LogP contribution >= 0.6 is 0 Å². The van der Waals surface area contributed by atoms with Crippen LogP contribution in [0.15, 0.2) is 28.7 Å². The second-order valence-corrected chi connectivity index (χ2v) is 4.08. The second-order valence-electron chi connectivity index (χ2n) is 4.08. The summed E-state index contributed by atoms with van der Waals surface area (Å²) in [6.45, 7) is 4.02. The third-order valence-corrected chi connectivity index (χ3v) is 2.56. The molecule has 0 radical (unpaired) electrons. The lowest BCUT2D eigenvalue weighted by Crippen LogP contribution is -2.15. The van der Waals surface area contributed by atoms with Gasteiger partial charge in [-0.25, -0.2) is 4.39 Å². The van der Waals surface area contributed by atoms with Crippen molar-refractivity contribution in [3.05, 3.63) is 35.8 Å². The van der Waals surface area contributed by atoms with Gasteiger partial charge in [0.1, 0.15) is 5.76 Å². The van der Waals surface area contributed by atoms with Crippen LogP contribution in [-0.4, -0.2) is 0 Å². The van der Waals surface area contributed by atoms with Gasteiger partial charge in [-0.3, -0.25) is 0 Å². The van der Waals surface area contributed by atoms with Gasteiger partial charge in [-0.1, -0.05) is 26.0 Å². The van der Waals surface area contributed by atoms with Gasteiger partial charge in [0.05, 0.1) is 6.04 Å². The summed E-state index contributed by atoms with van der Waals surface area (Å²) in [5.41, 5.74) is 6.23. The molecule has 0 aliphatic rings. The Morgan fingerprint density at radius 2 is 2.07 bits per heavy atom. The summed E-state index contributed by atoms with van der Waals surface area (Å²) >= 11 is 0. The smallest absolute Gasteiger partial charge is 0.169 e. The molecule has 0 amide bonds. The largest absolute Gasteiger partial charge is 0.456 e. The van der Waals surface area contributed by atoms with Crippen molar-refractivity contribution in [2.24, 2.45) is 11.7 Å². The molecule has 1 atom stereocenters. The molecule has 1 aromatic carbocycles. The monoisotopic (exact) mass is 207 g/mol. The molecular formula is C12H14FNO. The van der Waals surface area contributed by atoms with E-state index in [-0.39, 0.29) is 17.8 Å². The number of furan rings is 1. The van der Waals surface area contributed by atoms with Crippen molar-refractivity contribution >= 4 is 11.0 Å².